The van der Waals surface area contributed by atoms with Crippen LogP contribution >= 0.6 is 0 Å². The highest BCUT2D eigenvalue weighted by Crippen LogP contribution is 1.95. The molecule has 0 heterocycles. The fraction of sp³-hybridized carbons (Fsp3) is 0.900. The molecule has 0 radical (unpaired) electrons. The van der Waals surface area contributed by atoms with Gasteiger partial charge in [-0.3, -0.25) is 4.79 Å². The third-order valence-electron chi connectivity index (χ3n) is 2.15. The van der Waals surface area contributed by atoms with Crippen LogP contribution in [-0.4, -0.2) is 51.6 Å². The molecule has 0 saturated heterocycles. The molecule has 0 aromatic rings. The van der Waals surface area contributed by atoms with Gasteiger partial charge in [-0.15, -0.1) is 0 Å². The van der Waals surface area contributed by atoms with Crippen molar-refractivity contribution in [2.75, 3.05) is 25.2 Å². The van der Waals surface area contributed by atoms with Gasteiger partial charge in [0, 0.05) is 19.4 Å². The number of nitrogens with one attached hydrogen (secondary N) is 1. The molecular weight excluding hydrogens is 244 g/mol. The Labute approximate surface area is 103 Å². The van der Waals surface area contributed by atoms with Crippen LogP contribution in [0.5, 0.6) is 0 Å². The first kappa shape index (κ1) is 16.3. The Kier molecular flexibility index (Phi) is 7.33. The van der Waals surface area contributed by atoms with Gasteiger partial charge < -0.3 is 15.8 Å². The molecule has 17 heavy (non-hydrogen) atoms. The zero-order chi connectivity index (χ0) is 13.5. The number of sulfone groups is 1. The SMILES string of the molecule is CCOC(C)CNC(=O)C(N)CCS(C)(=O)=O. The van der Waals surface area contributed by atoms with Crippen molar-refractivity contribution in [1.82, 2.24) is 5.32 Å². The predicted octanol–water partition coefficient (Wildman–Crippen LogP) is -0.710. The highest BCUT2D eigenvalue weighted by atomic mass is 32.2. The van der Waals surface area contributed by atoms with Gasteiger partial charge in [0.05, 0.1) is 17.9 Å². The summed E-state index contributed by atoms with van der Waals surface area (Å²) in [7, 11) is -3.08. The van der Waals surface area contributed by atoms with E-state index >= 15 is 0 Å². The molecule has 0 rings (SSSR count). The monoisotopic (exact) mass is 266 g/mol. The van der Waals surface area contributed by atoms with Gasteiger partial charge in [0.15, 0.2) is 0 Å². The van der Waals surface area contributed by atoms with Crippen molar-refractivity contribution in [3.63, 3.8) is 0 Å². The molecular formula is C10H22N2O4S. The van der Waals surface area contributed by atoms with E-state index in [-0.39, 0.29) is 24.2 Å². The summed E-state index contributed by atoms with van der Waals surface area (Å²) in [6.45, 7) is 4.67. The molecule has 1 amide bonds. The largest absolute Gasteiger partial charge is 0.377 e. The smallest absolute Gasteiger partial charge is 0.237 e. The maximum Gasteiger partial charge on any atom is 0.237 e. The van der Waals surface area contributed by atoms with Gasteiger partial charge in [-0.05, 0) is 20.3 Å². The van der Waals surface area contributed by atoms with Crippen LogP contribution in [0.4, 0.5) is 0 Å². The molecule has 0 aromatic heterocycles. The summed E-state index contributed by atoms with van der Waals surface area (Å²) in [4.78, 5) is 11.5. The summed E-state index contributed by atoms with van der Waals surface area (Å²) in [6.07, 6.45) is 1.17. The Morgan fingerprint density at radius 1 is 1.47 bits per heavy atom. The number of ether oxygens (including phenoxy) is 1. The Hall–Kier alpha value is -0.660. The first-order valence-corrected chi connectivity index (χ1v) is 7.65. The van der Waals surface area contributed by atoms with E-state index in [2.05, 4.69) is 5.32 Å². The second kappa shape index (κ2) is 7.62. The molecule has 2 atom stereocenters. The number of rotatable bonds is 8. The van der Waals surface area contributed by atoms with Gasteiger partial charge >= 0.3 is 0 Å². The fourth-order valence-corrected chi connectivity index (χ4v) is 1.87. The van der Waals surface area contributed by atoms with Gasteiger partial charge in [-0.2, -0.15) is 0 Å². The average molecular weight is 266 g/mol. The average Bonchev–Trinajstić information content (AvgIpc) is 2.22. The first-order valence-electron chi connectivity index (χ1n) is 5.59. The van der Waals surface area contributed by atoms with Crippen molar-refractivity contribution in [1.29, 1.82) is 0 Å². The highest BCUT2D eigenvalue weighted by molar-refractivity contribution is 7.90. The maximum absolute atomic E-state index is 11.5. The van der Waals surface area contributed by atoms with Crippen LogP contribution in [-0.2, 0) is 19.4 Å². The number of hydrogen-bond acceptors (Lipinski definition) is 5. The molecule has 3 N–H and O–H groups in total. The summed E-state index contributed by atoms with van der Waals surface area (Å²) in [5, 5.41) is 2.62. The van der Waals surface area contributed by atoms with E-state index in [0.29, 0.717) is 13.2 Å². The number of amides is 1. The van der Waals surface area contributed by atoms with Crippen molar-refractivity contribution in [3.05, 3.63) is 0 Å². The second-order valence-electron chi connectivity index (χ2n) is 4.04. The number of nitrogens with two attached hydrogens (primary N) is 1. The minimum Gasteiger partial charge on any atom is -0.377 e. The van der Waals surface area contributed by atoms with E-state index in [1.54, 1.807) is 0 Å². The Morgan fingerprint density at radius 3 is 2.53 bits per heavy atom. The lowest BCUT2D eigenvalue weighted by atomic mass is 10.2. The molecule has 0 aliphatic carbocycles. The van der Waals surface area contributed by atoms with Crippen LogP contribution in [0.3, 0.4) is 0 Å². The van der Waals surface area contributed by atoms with Gasteiger partial charge in [0.1, 0.15) is 9.84 Å². The second-order valence-corrected chi connectivity index (χ2v) is 6.30. The normalized spacial score (nSPS) is 15.3. The van der Waals surface area contributed by atoms with Gasteiger partial charge in [0.25, 0.3) is 0 Å². The third-order valence-corrected chi connectivity index (χ3v) is 3.13. The Balaban J connectivity index is 3.90. The standard InChI is InChI=1S/C10H22N2O4S/c1-4-16-8(2)7-12-10(13)9(11)5-6-17(3,14)15/h8-9H,4-7,11H2,1-3H3,(H,12,13). The molecule has 0 aliphatic heterocycles. The van der Waals surface area contributed by atoms with Crippen molar-refractivity contribution in [3.8, 4) is 0 Å². The lowest BCUT2D eigenvalue weighted by molar-refractivity contribution is -0.123. The van der Waals surface area contributed by atoms with Crippen molar-refractivity contribution >= 4 is 15.7 Å². The molecule has 0 fully saturated rings. The van der Waals surface area contributed by atoms with E-state index in [1.807, 2.05) is 13.8 Å². The van der Waals surface area contributed by atoms with E-state index in [9.17, 15) is 13.2 Å². The van der Waals surface area contributed by atoms with E-state index in [1.165, 1.54) is 0 Å². The van der Waals surface area contributed by atoms with Crippen LogP contribution in [0, 0.1) is 0 Å². The molecule has 0 spiro atoms. The summed E-state index contributed by atoms with van der Waals surface area (Å²) >= 11 is 0. The van der Waals surface area contributed by atoms with E-state index in [0.717, 1.165) is 6.26 Å². The summed E-state index contributed by atoms with van der Waals surface area (Å²) in [5.41, 5.74) is 5.57. The molecule has 0 bridgehead atoms. The molecule has 102 valence electrons. The lowest BCUT2D eigenvalue weighted by Gasteiger charge is -2.15. The van der Waals surface area contributed by atoms with E-state index < -0.39 is 15.9 Å². The topological polar surface area (TPSA) is 98.5 Å². The molecule has 6 nitrogen and oxygen atoms in total. The molecule has 7 heteroatoms. The fourth-order valence-electron chi connectivity index (χ4n) is 1.19. The number of carbonyl (C=O) groups excluding carboxylic acids is 1. The first-order chi connectivity index (χ1) is 7.76. The van der Waals surface area contributed by atoms with Crippen LogP contribution in [0.1, 0.15) is 20.3 Å². The third kappa shape index (κ3) is 9.08. The van der Waals surface area contributed by atoms with Crippen LogP contribution in [0.2, 0.25) is 0 Å². The minimum atomic E-state index is -3.08. The number of hydrogen-bond donors (Lipinski definition) is 2. The zero-order valence-electron chi connectivity index (χ0n) is 10.6. The molecule has 2 unspecified atom stereocenters. The predicted molar refractivity (Wildman–Crippen MR) is 66.4 cm³/mol. The van der Waals surface area contributed by atoms with Crippen LogP contribution in [0.25, 0.3) is 0 Å². The molecule has 0 saturated carbocycles. The zero-order valence-corrected chi connectivity index (χ0v) is 11.4. The molecule has 0 aliphatic rings. The van der Waals surface area contributed by atoms with Crippen LogP contribution < -0.4 is 11.1 Å². The van der Waals surface area contributed by atoms with Gasteiger partial charge in [-0.25, -0.2) is 8.42 Å². The minimum absolute atomic E-state index is 0.0777. The number of carbonyl (C=O) groups is 1. The van der Waals surface area contributed by atoms with Crippen molar-refractivity contribution < 1.29 is 17.9 Å². The van der Waals surface area contributed by atoms with Gasteiger partial charge in [-0.1, -0.05) is 0 Å². The quantitative estimate of drug-likeness (QED) is 0.604. The van der Waals surface area contributed by atoms with E-state index in [4.69, 9.17) is 10.5 Å². The maximum atomic E-state index is 11.5. The molecule has 0 aromatic carbocycles. The van der Waals surface area contributed by atoms with Crippen molar-refractivity contribution in [2.24, 2.45) is 5.73 Å². The summed E-state index contributed by atoms with van der Waals surface area (Å²) < 4.78 is 27.0. The van der Waals surface area contributed by atoms with Crippen molar-refractivity contribution in [2.45, 2.75) is 32.4 Å². The highest BCUT2D eigenvalue weighted by Gasteiger charge is 2.16. The van der Waals surface area contributed by atoms with Crippen LogP contribution in [0.15, 0.2) is 0 Å². The lowest BCUT2D eigenvalue weighted by Crippen LogP contribution is -2.44. The summed E-state index contributed by atoms with van der Waals surface area (Å²) in [6, 6.07) is -0.793. The Bertz CT molecular complexity index is 329. The Morgan fingerprint density at radius 2 is 2.06 bits per heavy atom. The van der Waals surface area contributed by atoms with Gasteiger partial charge in [0.2, 0.25) is 5.91 Å². The summed E-state index contributed by atoms with van der Waals surface area (Å²) in [5.74, 6) is -0.428.